The summed E-state index contributed by atoms with van der Waals surface area (Å²) in [6.07, 6.45) is 20.9. The number of carbonyl (C=O) groups excluding carboxylic acids is 2. The summed E-state index contributed by atoms with van der Waals surface area (Å²) in [6.45, 7) is 3.32. The van der Waals surface area contributed by atoms with Crippen molar-refractivity contribution in [3.63, 3.8) is 0 Å². The summed E-state index contributed by atoms with van der Waals surface area (Å²) in [7, 11) is 0. The molecule has 0 aromatic heterocycles. The summed E-state index contributed by atoms with van der Waals surface area (Å²) in [5, 5.41) is 3.40. The van der Waals surface area contributed by atoms with Crippen molar-refractivity contribution in [1.82, 2.24) is 5.32 Å². The van der Waals surface area contributed by atoms with E-state index in [1.807, 2.05) is 6.07 Å². The second kappa shape index (κ2) is 23.8. The third-order valence-electron chi connectivity index (χ3n) is 6.43. The predicted molar refractivity (Wildman–Crippen MR) is 153 cm³/mol. The molecule has 6 heteroatoms. The van der Waals surface area contributed by atoms with Crippen molar-refractivity contribution in [3.05, 3.63) is 35.9 Å². The molecule has 1 N–H and O–H groups in total. The van der Waals surface area contributed by atoms with Gasteiger partial charge < -0.3 is 14.8 Å². The molecular weight excluding hydrogens is 518 g/mol. The molecule has 1 aromatic carbocycles. The first-order chi connectivity index (χ1) is 17.7. The van der Waals surface area contributed by atoms with E-state index in [4.69, 9.17) is 9.47 Å². The lowest BCUT2D eigenvalue weighted by molar-refractivity contribution is 0.0393. The third-order valence-corrected chi connectivity index (χ3v) is 7.34. The Hall–Kier alpha value is -1.56. The Morgan fingerprint density at radius 2 is 1.19 bits per heavy atom. The number of nitrogens with one attached hydrogen (secondary N) is 1. The van der Waals surface area contributed by atoms with E-state index in [1.54, 1.807) is 24.3 Å². The predicted octanol–water partition coefficient (Wildman–Crippen LogP) is 8.84. The molecule has 1 atom stereocenters. The number of unbranched alkanes of at least 4 members (excludes halogenated alkanes) is 15. The minimum atomic E-state index is -0.406. The maximum atomic E-state index is 12.0. The molecule has 0 spiro atoms. The van der Waals surface area contributed by atoms with E-state index in [2.05, 4.69) is 28.2 Å². The van der Waals surface area contributed by atoms with E-state index in [0.29, 0.717) is 17.4 Å². The SMILES string of the molecule is CCCCCCCCCCCCCCCCCCNC(=O)OCC(CBr)COC(=O)c1ccccc1. The van der Waals surface area contributed by atoms with Crippen molar-refractivity contribution < 1.29 is 19.1 Å². The van der Waals surface area contributed by atoms with Crippen molar-refractivity contribution in [2.24, 2.45) is 5.92 Å². The molecule has 0 radical (unpaired) electrons. The standard InChI is InChI=1S/C30H50BrNO4/c1-2-3-4-5-6-7-8-9-10-11-12-13-14-15-16-20-23-32-30(34)36-26-27(24-31)25-35-29(33)28-21-18-17-19-22-28/h17-19,21-22,27H,2-16,20,23-26H2,1H3,(H,32,34). The molecule has 0 heterocycles. The number of hydrogen-bond donors (Lipinski definition) is 1. The van der Waals surface area contributed by atoms with Gasteiger partial charge in [0.25, 0.3) is 0 Å². The quantitative estimate of drug-likeness (QED) is 0.0814. The summed E-state index contributed by atoms with van der Waals surface area (Å²) < 4.78 is 10.6. The first kappa shape index (κ1) is 32.5. The summed E-state index contributed by atoms with van der Waals surface area (Å²) >= 11 is 3.40. The highest BCUT2D eigenvalue weighted by Gasteiger charge is 2.14. The molecule has 1 unspecified atom stereocenters. The van der Waals surface area contributed by atoms with Crippen LogP contribution in [-0.4, -0.2) is 37.2 Å². The van der Waals surface area contributed by atoms with Crippen LogP contribution in [0.3, 0.4) is 0 Å². The van der Waals surface area contributed by atoms with Crippen LogP contribution in [-0.2, 0) is 9.47 Å². The van der Waals surface area contributed by atoms with Gasteiger partial charge in [-0.05, 0) is 18.6 Å². The lowest BCUT2D eigenvalue weighted by Gasteiger charge is -2.15. The Balaban J connectivity index is 1.88. The third kappa shape index (κ3) is 18.7. The average Bonchev–Trinajstić information content (AvgIpc) is 2.90. The first-order valence-corrected chi connectivity index (χ1v) is 15.5. The van der Waals surface area contributed by atoms with Gasteiger partial charge in [-0.15, -0.1) is 0 Å². The van der Waals surface area contributed by atoms with Gasteiger partial charge >= 0.3 is 12.1 Å². The van der Waals surface area contributed by atoms with Crippen molar-refractivity contribution >= 4 is 28.0 Å². The molecule has 206 valence electrons. The van der Waals surface area contributed by atoms with Gasteiger partial charge in [0.05, 0.1) is 12.2 Å². The zero-order chi connectivity index (χ0) is 26.1. The van der Waals surface area contributed by atoms with Crippen molar-refractivity contribution in [1.29, 1.82) is 0 Å². The Bertz CT molecular complexity index is 656. The van der Waals surface area contributed by atoms with Crippen LogP contribution >= 0.6 is 15.9 Å². The van der Waals surface area contributed by atoms with Gasteiger partial charge in [0.15, 0.2) is 0 Å². The molecule has 0 aliphatic rings. The molecule has 1 aromatic rings. The van der Waals surface area contributed by atoms with Crippen LogP contribution in [0.25, 0.3) is 0 Å². The first-order valence-electron chi connectivity index (χ1n) is 14.4. The Kier molecular flexibility index (Phi) is 21.5. The molecule has 0 saturated heterocycles. The number of alkyl carbamates (subject to hydrolysis) is 1. The summed E-state index contributed by atoms with van der Waals surface area (Å²) in [5.41, 5.74) is 0.517. The molecule has 0 aliphatic heterocycles. The number of carbonyl (C=O) groups is 2. The highest BCUT2D eigenvalue weighted by Crippen LogP contribution is 2.13. The minimum absolute atomic E-state index is 0.0843. The summed E-state index contributed by atoms with van der Waals surface area (Å²) in [5.74, 6) is -0.450. The minimum Gasteiger partial charge on any atom is -0.462 e. The van der Waals surface area contributed by atoms with E-state index >= 15 is 0 Å². The van der Waals surface area contributed by atoms with E-state index in [0.717, 1.165) is 12.8 Å². The molecular formula is C30H50BrNO4. The van der Waals surface area contributed by atoms with E-state index in [9.17, 15) is 9.59 Å². The lowest BCUT2D eigenvalue weighted by atomic mass is 10.0. The van der Waals surface area contributed by atoms with E-state index < -0.39 is 6.09 Å². The van der Waals surface area contributed by atoms with Gasteiger partial charge in [-0.2, -0.15) is 0 Å². The summed E-state index contributed by atoms with van der Waals surface area (Å²) in [4.78, 5) is 24.0. The lowest BCUT2D eigenvalue weighted by Crippen LogP contribution is -2.29. The number of halogens is 1. The van der Waals surface area contributed by atoms with Crippen LogP contribution in [0.15, 0.2) is 30.3 Å². The van der Waals surface area contributed by atoms with Crippen molar-refractivity contribution in [3.8, 4) is 0 Å². The van der Waals surface area contributed by atoms with E-state index in [1.165, 1.54) is 89.9 Å². The molecule has 1 rings (SSSR count). The largest absolute Gasteiger partial charge is 0.462 e. The Labute approximate surface area is 228 Å². The topological polar surface area (TPSA) is 64.6 Å². The molecule has 0 fully saturated rings. The Morgan fingerprint density at radius 1 is 0.722 bits per heavy atom. The molecule has 0 saturated carbocycles. The zero-order valence-electron chi connectivity index (χ0n) is 22.6. The molecule has 1 amide bonds. The van der Waals surface area contributed by atoms with Crippen molar-refractivity contribution in [2.75, 3.05) is 25.1 Å². The van der Waals surface area contributed by atoms with Crippen LogP contribution in [0.2, 0.25) is 0 Å². The Morgan fingerprint density at radius 3 is 1.69 bits per heavy atom. The van der Waals surface area contributed by atoms with Crippen LogP contribution in [0, 0.1) is 5.92 Å². The van der Waals surface area contributed by atoms with Gasteiger partial charge in [-0.3, -0.25) is 0 Å². The van der Waals surface area contributed by atoms with Gasteiger partial charge in [-0.25, -0.2) is 9.59 Å². The number of esters is 1. The fraction of sp³-hybridized carbons (Fsp3) is 0.733. The van der Waals surface area contributed by atoms with Crippen LogP contribution in [0.1, 0.15) is 120 Å². The maximum absolute atomic E-state index is 12.0. The molecule has 0 aliphatic carbocycles. The average molecular weight is 569 g/mol. The zero-order valence-corrected chi connectivity index (χ0v) is 24.2. The molecule has 5 nitrogen and oxygen atoms in total. The highest BCUT2D eigenvalue weighted by molar-refractivity contribution is 9.09. The smallest absolute Gasteiger partial charge is 0.407 e. The number of rotatable bonds is 23. The number of hydrogen-bond acceptors (Lipinski definition) is 4. The normalized spacial score (nSPS) is 11.7. The second-order valence-electron chi connectivity index (χ2n) is 9.81. The number of ether oxygens (including phenoxy) is 2. The van der Waals surface area contributed by atoms with Crippen molar-refractivity contribution in [2.45, 2.75) is 110 Å². The summed E-state index contributed by atoms with van der Waals surface area (Å²) in [6, 6.07) is 8.88. The van der Waals surface area contributed by atoms with Crippen LogP contribution in [0.4, 0.5) is 4.79 Å². The van der Waals surface area contributed by atoms with Gasteiger partial charge in [0.1, 0.15) is 6.61 Å². The van der Waals surface area contributed by atoms with Gasteiger partial charge in [0.2, 0.25) is 0 Å². The second-order valence-corrected chi connectivity index (χ2v) is 10.5. The number of benzene rings is 1. The fourth-order valence-corrected chi connectivity index (χ4v) is 4.47. The van der Waals surface area contributed by atoms with Gasteiger partial charge in [0, 0.05) is 17.8 Å². The van der Waals surface area contributed by atoms with Crippen LogP contribution < -0.4 is 5.32 Å². The van der Waals surface area contributed by atoms with Gasteiger partial charge in [-0.1, -0.05) is 137 Å². The highest BCUT2D eigenvalue weighted by atomic mass is 79.9. The molecule has 0 bridgehead atoms. The monoisotopic (exact) mass is 567 g/mol. The number of alkyl halides is 1. The van der Waals surface area contributed by atoms with Crippen LogP contribution in [0.5, 0.6) is 0 Å². The number of amides is 1. The maximum Gasteiger partial charge on any atom is 0.407 e. The van der Waals surface area contributed by atoms with E-state index in [-0.39, 0.29) is 25.1 Å². The fourth-order valence-electron chi connectivity index (χ4n) is 4.10. The molecule has 36 heavy (non-hydrogen) atoms.